The van der Waals surface area contributed by atoms with Crippen LogP contribution in [0.4, 0.5) is 4.39 Å². The molecule has 0 aromatic heterocycles. The second-order valence-electron chi connectivity index (χ2n) is 7.10. The SMILES string of the molecule is CC1(C)[C@H]2C[C@H](F)[C@@H](CCOCc3ccccc3)[C@@H]1C2. The molecule has 0 N–H and O–H groups in total. The molecule has 3 aliphatic carbocycles. The van der Waals surface area contributed by atoms with Crippen LogP contribution >= 0.6 is 0 Å². The van der Waals surface area contributed by atoms with Crippen LogP contribution < -0.4 is 0 Å². The lowest BCUT2D eigenvalue weighted by atomic mass is 9.45. The summed E-state index contributed by atoms with van der Waals surface area (Å²) in [4.78, 5) is 0. The molecule has 0 radical (unpaired) electrons. The van der Waals surface area contributed by atoms with E-state index in [1.54, 1.807) is 0 Å². The Balaban J connectivity index is 1.46. The van der Waals surface area contributed by atoms with Gasteiger partial charge in [0.15, 0.2) is 0 Å². The van der Waals surface area contributed by atoms with Gasteiger partial charge in [-0.25, -0.2) is 4.39 Å². The molecule has 2 heteroatoms. The molecule has 0 spiro atoms. The van der Waals surface area contributed by atoms with E-state index in [2.05, 4.69) is 26.0 Å². The van der Waals surface area contributed by atoms with E-state index in [0.717, 1.165) is 12.8 Å². The molecule has 4 rings (SSSR count). The van der Waals surface area contributed by atoms with Crippen molar-refractivity contribution in [2.24, 2.45) is 23.2 Å². The molecule has 110 valence electrons. The number of rotatable bonds is 5. The Bertz CT molecular complexity index is 442. The van der Waals surface area contributed by atoms with Crippen LogP contribution in [0.15, 0.2) is 30.3 Å². The summed E-state index contributed by atoms with van der Waals surface area (Å²) in [5.74, 6) is 1.39. The fourth-order valence-electron chi connectivity index (χ4n) is 4.25. The fourth-order valence-corrected chi connectivity index (χ4v) is 4.25. The summed E-state index contributed by atoms with van der Waals surface area (Å²) in [7, 11) is 0. The molecule has 0 unspecified atom stereocenters. The van der Waals surface area contributed by atoms with Gasteiger partial charge in [0.1, 0.15) is 6.17 Å². The Morgan fingerprint density at radius 2 is 1.95 bits per heavy atom. The molecule has 0 amide bonds. The molecular weight excluding hydrogens is 251 g/mol. The molecule has 4 atom stereocenters. The van der Waals surface area contributed by atoms with Crippen LogP contribution in [0.2, 0.25) is 0 Å². The van der Waals surface area contributed by atoms with Crippen LogP contribution in [0.3, 0.4) is 0 Å². The maximum Gasteiger partial charge on any atom is 0.104 e. The monoisotopic (exact) mass is 276 g/mol. The normalized spacial score (nSPS) is 34.5. The van der Waals surface area contributed by atoms with Crippen molar-refractivity contribution in [2.75, 3.05) is 6.61 Å². The maximum absolute atomic E-state index is 14.2. The first-order valence-electron chi connectivity index (χ1n) is 7.85. The van der Waals surface area contributed by atoms with Crippen molar-refractivity contribution < 1.29 is 9.13 Å². The summed E-state index contributed by atoms with van der Waals surface area (Å²) in [6, 6.07) is 10.2. The van der Waals surface area contributed by atoms with Crippen molar-refractivity contribution in [3.8, 4) is 0 Å². The van der Waals surface area contributed by atoms with Crippen LogP contribution in [0.1, 0.15) is 38.7 Å². The molecule has 2 bridgehead atoms. The summed E-state index contributed by atoms with van der Waals surface area (Å²) in [5.41, 5.74) is 1.55. The second kappa shape index (κ2) is 5.48. The van der Waals surface area contributed by atoms with E-state index < -0.39 is 6.17 Å². The van der Waals surface area contributed by atoms with E-state index in [-0.39, 0.29) is 5.92 Å². The van der Waals surface area contributed by atoms with Gasteiger partial charge in [-0.05, 0) is 48.0 Å². The highest BCUT2D eigenvalue weighted by molar-refractivity contribution is 5.13. The van der Waals surface area contributed by atoms with Gasteiger partial charge in [-0.2, -0.15) is 0 Å². The summed E-state index contributed by atoms with van der Waals surface area (Å²) < 4.78 is 19.9. The number of alkyl halides is 1. The molecule has 3 saturated carbocycles. The third-order valence-corrected chi connectivity index (χ3v) is 5.74. The standard InChI is InChI=1S/C18H25FO/c1-18(2)14-10-16(18)15(17(19)11-14)8-9-20-12-13-6-4-3-5-7-13/h3-7,14-17H,8-12H2,1-2H3/t14-,15+,16+,17+/m1/s1. The lowest BCUT2D eigenvalue weighted by Gasteiger charge is -2.61. The Kier molecular flexibility index (Phi) is 3.85. The van der Waals surface area contributed by atoms with Crippen molar-refractivity contribution in [3.63, 3.8) is 0 Å². The second-order valence-corrected chi connectivity index (χ2v) is 7.10. The van der Waals surface area contributed by atoms with Gasteiger partial charge in [-0.1, -0.05) is 44.2 Å². The van der Waals surface area contributed by atoms with E-state index in [1.165, 1.54) is 12.0 Å². The first-order chi connectivity index (χ1) is 9.59. The smallest absolute Gasteiger partial charge is 0.104 e. The average Bonchev–Trinajstić information content (AvgIpc) is 2.45. The van der Waals surface area contributed by atoms with Crippen LogP contribution in [0.5, 0.6) is 0 Å². The molecule has 0 saturated heterocycles. The zero-order valence-electron chi connectivity index (χ0n) is 12.5. The Morgan fingerprint density at radius 3 is 2.65 bits per heavy atom. The zero-order valence-corrected chi connectivity index (χ0v) is 12.5. The minimum Gasteiger partial charge on any atom is -0.377 e. The fraction of sp³-hybridized carbons (Fsp3) is 0.667. The summed E-state index contributed by atoms with van der Waals surface area (Å²) in [5, 5.41) is 0. The van der Waals surface area contributed by atoms with E-state index in [4.69, 9.17) is 4.74 Å². The summed E-state index contributed by atoms with van der Waals surface area (Å²) in [6.07, 6.45) is 2.27. The first kappa shape index (κ1) is 14.1. The zero-order chi connectivity index (χ0) is 14.2. The molecular formula is C18H25FO. The van der Waals surface area contributed by atoms with Gasteiger partial charge in [-0.3, -0.25) is 0 Å². The quantitative estimate of drug-likeness (QED) is 0.713. The third-order valence-electron chi connectivity index (χ3n) is 5.74. The highest BCUT2D eigenvalue weighted by atomic mass is 19.1. The van der Waals surface area contributed by atoms with Crippen LogP contribution in [-0.4, -0.2) is 12.8 Å². The molecule has 20 heavy (non-hydrogen) atoms. The lowest BCUT2D eigenvalue weighted by molar-refractivity contribution is -0.146. The minimum atomic E-state index is -0.605. The molecule has 0 aliphatic heterocycles. The molecule has 1 aromatic rings. The number of fused-ring (bicyclic) bond motifs is 2. The van der Waals surface area contributed by atoms with E-state index >= 15 is 0 Å². The third kappa shape index (κ3) is 2.50. The average molecular weight is 276 g/mol. The largest absolute Gasteiger partial charge is 0.377 e. The van der Waals surface area contributed by atoms with Gasteiger partial charge in [0.05, 0.1) is 6.61 Å². The predicted molar refractivity (Wildman–Crippen MR) is 79.1 cm³/mol. The number of halogens is 1. The van der Waals surface area contributed by atoms with Crippen molar-refractivity contribution in [3.05, 3.63) is 35.9 Å². The van der Waals surface area contributed by atoms with Crippen LogP contribution in [-0.2, 0) is 11.3 Å². The molecule has 1 aromatic carbocycles. The van der Waals surface area contributed by atoms with Crippen LogP contribution in [0.25, 0.3) is 0 Å². The van der Waals surface area contributed by atoms with Gasteiger partial charge in [0, 0.05) is 6.61 Å². The van der Waals surface area contributed by atoms with Crippen molar-refractivity contribution >= 4 is 0 Å². The van der Waals surface area contributed by atoms with E-state index in [9.17, 15) is 4.39 Å². The highest BCUT2D eigenvalue weighted by Gasteiger charge is 2.57. The molecule has 3 aliphatic rings. The minimum absolute atomic E-state index is 0.214. The van der Waals surface area contributed by atoms with Gasteiger partial charge < -0.3 is 4.74 Å². The summed E-state index contributed by atoms with van der Waals surface area (Å²) >= 11 is 0. The van der Waals surface area contributed by atoms with Crippen molar-refractivity contribution in [1.29, 1.82) is 0 Å². The van der Waals surface area contributed by atoms with Crippen molar-refractivity contribution in [2.45, 2.75) is 45.9 Å². The van der Waals surface area contributed by atoms with Crippen LogP contribution in [0, 0.1) is 23.2 Å². The number of benzene rings is 1. The molecule has 1 nitrogen and oxygen atoms in total. The van der Waals surface area contributed by atoms with Crippen molar-refractivity contribution in [1.82, 2.24) is 0 Å². The van der Waals surface area contributed by atoms with E-state index in [1.807, 2.05) is 18.2 Å². The van der Waals surface area contributed by atoms with E-state index in [0.29, 0.717) is 30.5 Å². The topological polar surface area (TPSA) is 9.23 Å². The maximum atomic E-state index is 14.2. The number of hydrogen-bond acceptors (Lipinski definition) is 1. The Labute approximate surface area is 121 Å². The van der Waals surface area contributed by atoms with Gasteiger partial charge in [0.25, 0.3) is 0 Å². The number of hydrogen-bond donors (Lipinski definition) is 0. The highest BCUT2D eigenvalue weighted by Crippen LogP contribution is 2.62. The van der Waals surface area contributed by atoms with Gasteiger partial charge in [0.2, 0.25) is 0 Å². The van der Waals surface area contributed by atoms with Gasteiger partial charge >= 0.3 is 0 Å². The molecule has 0 heterocycles. The summed E-state index contributed by atoms with van der Waals surface area (Å²) in [6.45, 7) is 5.95. The first-order valence-corrected chi connectivity index (χ1v) is 7.85. The lowest BCUT2D eigenvalue weighted by Crippen LogP contribution is -2.56. The predicted octanol–water partition coefficient (Wildman–Crippen LogP) is 4.61. The molecule has 3 fully saturated rings. The Hall–Kier alpha value is -0.890. The Morgan fingerprint density at radius 1 is 1.20 bits per heavy atom. The number of ether oxygens (including phenoxy) is 1. The van der Waals surface area contributed by atoms with Gasteiger partial charge in [-0.15, -0.1) is 0 Å².